The molecule has 0 saturated carbocycles. The number of anilines is 1. The molecule has 3 aromatic heterocycles. The first-order valence-corrected chi connectivity index (χ1v) is 15.1. The highest BCUT2D eigenvalue weighted by Crippen LogP contribution is 2.43. The van der Waals surface area contributed by atoms with Crippen molar-refractivity contribution in [3.63, 3.8) is 0 Å². The predicted octanol–water partition coefficient (Wildman–Crippen LogP) is 5.13. The minimum Gasteiger partial charge on any atom is -0.456 e. The summed E-state index contributed by atoms with van der Waals surface area (Å²) in [4.78, 5) is 17.9. The highest BCUT2D eigenvalue weighted by atomic mass is 32.2. The number of aromatic nitrogens is 2. The number of furan rings is 1. The highest BCUT2D eigenvalue weighted by molar-refractivity contribution is 7.92. The molecule has 6 rings (SSSR count). The van der Waals surface area contributed by atoms with Crippen LogP contribution < -0.4 is 9.62 Å². The lowest BCUT2D eigenvalue weighted by molar-refractivity contribution is 0.0963. The second-order valence-electron chi connectivity index (χ2n) is 10.6. The average Bonchev–Trinajstić information content (AvgIpc) is 3.54. The Morgan fingerprint density at radius 1 is 1.24 bits per heavy atom. The van der Waals surface area contributed by atoms with Crippen LogP contribution in [0.4, 0.5) is 10.1 Å². The largest absolute Gasteiger partial charge is 0.456 e. The van der Waals surface area contributed by atoms with Crippen LogP contribution in [0.3, 0.4) is 0 Å². The molecule has 11 heteroatoms. The van der Waals surface area contributed by atoms with Gasteiger partial charge in [-0.1, -0.05) is 18.7 Å². The number of fused-ring (bicyclic) bond motifs is 6. The van der Waals surface area contributed by atoms with Crippen molar-refractivity contribution < 1.29 is 27.1 Å². The number of halogens is 1. The number of aliphatic hydroxyl groups is 1. The molecule has 0 radical (unpaired) electrons. The number of nitrogens with one attached hydrogen (secondary N) is 1. The number of rotatable bonds is 6. The molecular formula is C31H29FN4O5S. The van der Waals surface area contributed by atoms with E-state index in [0.29, 0.717) is 68.0 Å². The molecule has 0 bridgehead atoms. The van der Waals surface area contributed by atoms with E-state index in [0.717, 1.165) is 16.1 Å². The van der Waals surface area contributed by atoms with E-state index < -0.39 is 10.0 Å². The lowest BCUT2D eigenvalue weighted by Crippen LogP contribution is -2.25. The molecule has 1 unspecified atom stereocenters. The van der Waals surface area contributed by atoms with Gasteiger partial charge in [-0.3, -0.25) is 9.10 Å². The second kappa shape index (κ2) is 9.81. The molecule has 0 fully saturated rings. The molecule has 0 saturated heterocycles. The summed E-state index contributed by atoms with van der Waals surface area (Å²) in [6.07, 6.45) is 1.58. The van der Waals surface area contributed by atoms with Gasteiger partial charge in [0.25, 0.3) is 5.91 Å². The second-order valence-corrected chi connectivity index (χ2v) is 12.6. The summed E-state index contributed by atoms with van der Waals surface area (Å²) >= 11 is 0. The first-order valence-electron chi connectivity index (χ1n) is 13.3. The number of carbonyl (C=O) groups excluding carboxylic acids is 1. The van der Waals surface area contributed by atoms with Crippen molar-refractivity contribution in [1.82, 2.24) is 14.9 Å². The number of pyridine rings is 1. The molecule has 2 aromatic carbocycles. The van der Waals surface area contributed by atoms with Crippen LogP contribution in [0.1, 0.15) is 34.6 Å². The summed E-state index contributed by atoms with van der Waals surface area (Å²) in [5.74, 6) is -0.447. The predicted molar refractivity (Wildman–Crippen MR) is 162 cm³/mol. The third kappa shape index (κ3) is 4.19. The number of carbonyl (C=O) groups is 1. The normalized spacial score (nSPS) is 14.6. The molecule has 216 valence electrons. The fourth-order valence-corrected chi connectivity index (χ4v) is 6.24. The van der Waals surface area contributed by atoms with Gasteiger partial charge in [0.1, 0.15) is 17.2 Å². The number of allylic oxidation sites excluding steroid dienone is 1. The van der Waals surface area contributed by atoms with E-state index in [1.807, 2.05) is 16.7 Å². The maximum absolute atomic E-state index is 14.8. The molecule has 1 amide bonds. The number of amides is 1. The first kappa shape index (κ1) is 27.7. The number of sulfonamides is 1. The molecule has 9 nitrogen and oxygen atoms in total. The van der Waals surface area contributed by atoms with Gasteiger partial charge in [-0.25, -0.2) is 17.8 Å². The van der Waals surface area contributed by atoms with Gasteiger partial charge in [-0.05, 0) is 54.8 Å². The van der Waals surface area contributed by atoms with Crippen molar-refractivity contribution in [1.29, 1.82) is 0 Å². The maximum atomic E-state index is 14.8. The van der Waals surface area contributed by atoms with Gasteiger partial charge in [0.05, 0.1) is 52.8 Å². The van der Waals surface area contributed by atoms with Crippen LogP contribution in [0.2, 0.25) is 0 Å². The zero-order valence-corrected chi connectivity index (χ0v) is 24.3. The minimum absolute atomic E-state index is 0.137. The van der Waals surface area contributed by atoms with Gasteiger partial charge in [0, 0.05) is 36.5 Å². The summed E-state index contributed by atoms with van der Waals surface area (Å²) in [7, 11) is -0.747. The van der Waals surface area contributed by atoms with E-state index in [-0.39, 0.29) is 29.9 Å². The van der Waals surface area contributed by atoms with Gasteiger partial charge < -0.3 is 19.4 Å². The Balaban J connectivity index is 1.65. The molecular weight excluding hydrogens is 559 g/mol. The standard InChI is InChI=1S/C31H29FN4O5S/c1-16(2)30-28(31(38)33-3)21-12-20(25(14-27(21)41-30)35(4)42(5,39)40)23-10-9-17-11-18(15-37)36-24-8-6-7-22(32)19(24)13-26(36)29(17)34-23/h6-10,12-14,18,37H,1,11,15H2,2-5H3,(H,33,38). The van der Waals surface area contributed by atoms with Gasteiger partial charge in [-0.2, -0.15) is 0 Å². The Hall–Kier alpha value is -4.48. The smallest absolute Gasteiger partial charge is 0.255 e. The lowest BCUT2D eigenvalue weighted by Gasteiger charge is -2.28. The fourth-order valence-electron chi connectivity index (χ4n) is 5.73. The third-order valence-electron chi connectivity index (χ3n) is 7.84. The van der Waals surface area contributed by atoms with Crippen LogP contribution in [0, 0.1) is 5.82 Å². The van der Waals surface area contributed by atoms with Crippen LogP contribution in [-0.2, 0) is 16.4 Å². The number of benzene rings is 2. The van der Waals surface area contributed by atoms with E-state index in [9.17, 15) is 22.7 Å². The SMILES string of the molecule is C=C(C)c1oc2cc(N(C)S(C)(=O)=O)c(-c3ccc4c(n3)-c3cc5c(F)cccc5n3C(CO)C4)cc2c1C(=O)NC. The Labute approximate surface area is 241 Å². The Morgan fingerprint density at radius 2 is 2.00 bits per heavy atom. The molecule has 1 aliphatic heterocycles. The van der Waals surface area contributed by atoms with E-state index >= 15 is 0 Å². The van der Waals surface area contributed by atoms with Gasteiger partial charge in [-0.15, -0.1) is 0 Å². The molecule has 42 heavy (non-hydrogen) atoms. The first-order chi connectivity index (χ1) is 19.9. The van der Waals surface area contributed by atoms with Crippen molar-refractivity contribution in [3.05, 3.63) is 77.8 Å². The number of nitrogens with zero attached hydrogens (tertiary/aromatic N) is 3. The van der Waals surface area contributed by atoms with Gasteiger partial charge >= 0.3 is 0 Å². The topological polar surface area (TPSA) is 118 Å². The summed E-state index contributed by atoms with van der Waals surface area (Å²) in [6.45, 7) is 5.53. The number of hydrogen-bond donors (Lipinski definition) is 2. The average molecular weight is 589 g/mol. The monoisotopic (exact) mass is 588 g/mol. The Morgan fingerprint density at radius 3 is 2.67 bits per heavy atom. The van der Waals surface area contributed by atoms with Crippen molar-refractivity contribution >= 4 is 49.1 Å². The van der Waals surface area contributed by atoms with Crippen LogP contribution in [-0.4, -0.2) is 55.9 Å². The zero-order chi connectivity index (χ0) is 30.1. The van der Waals surface area contributed by atoms with Crippen molar-refractivity contribution in [2.45, 2.75) is 19.4 Å². The fraction of sp³-hybridized carbons (Fsp3) is 0.226. The molecule has 2 N–H and O–H groups in total. The molecule has 4 heterocycles. The molecule has 0 spiro atoms. The summed E-state index contributed by atoms with van der Waals surface area (Å²) in [6, 6.07) is 13.2. The van der Waals surface area contributed by atoms with E-state index in [1.54, 1.807) is 37.3 Å². The van der Waals surface area contributed by atoms with Crippen molar-refractivity contribution in [2.24, 2.45) is 0 Å². The summed E-state index contributed by atoms with van der Waals surface area (Å²) < 4.78 is 49.3. The lowest BCUT2D eigenvalue weighted by atomic mass is 9.96. The minimum atomic E-state index is -3.70. The Kier molecular flexibility index (Phi) is 6.47. The van der Waals surface area contributed by atoms with Crippen LogP contribution in [0.25, 0.3) is 50.1 Å². The van der Waals surface area contributed by atoms with Gasteiger partial charge in [0.15, 0.2) is 0 Å². The quantitative estimate of drug-likeness (QED) is 0.284. The molecule has 5 aromatic rings. The number of hydrogen-bond acceptors (Lipinski definition) is 6. The van der Waals surface area contributed by atoms with Gasteiger partial charge in [0.2, 0.25) is 10.0 Å². The molecule has 1 aliphatic rings. The van der Waals surface area contributed by atoms with Crippen molar-refractivity contribution in [2.75, 3.05) is 31.3 Å². The highest BCUT2D eigenvalue weighted by Gasteiger charge is 2.30. The van der Waals surface area contributed by atoms with Crippen LogP contribution in [0.15, 0.2) is 59.5 Å². The van der Waals surface area contributed by atoms with E-state index in [1.165, 1.54) is 20.2 Å². The van der Waals surface area contributed by atoms with E-state index in [2.05, 4.69) is 11.9 Å². The van der Waals surface area contributed by atoms with Crippen molar-refractivity contribution in [3.8, 4) is 22.6 Å². The summed E-state index contributed by atoms with van der Waals surface area (Å²) in [5, 5.41) is 13.7. The van der Waals surface area contributed by atoms with Crippen LogP contribution >= 0.6 is 0 Å². The van der Waals surface area contributed by atoms with Crippen LogP contribution in [0.5, 0.6) is 0 Å². The maximum Gasteiger partial charge on any atom is 0.255 e. The number of aliphatic hydroxyl groups excluding tert-OH is 1. The zero-order valence-electron chi connectivity index (χ0n) is 23.5. The summed E-state index contributed by atoms with van der Waals surface area (Å²) in [5.41, 5.74) is 5.12. The molecule has 1 atom stereocenters. The molecule has 0 aliphatic carbocycles. The Bertz CT molecular complexity index is 2060. The van der Waals surface area contributed by atoms with E-state index in [4.69, 9.17) is 9.40 Å². The third-order valence-corrected chi connectivity index (χ3v) is 9.04.